The molecule has 0 bridgehead atoms. The fourth-order valence-electron chi connectivity index (χ4n) is 2.72. The Kier molecular flexibility index (Phi) is 12.3. The van der Waals surface area contributed by atoms with E-state index >= 15 is 0 Å². The molecule has 0 fully saturated rings. The lowest BCUT2D eigenvalue weighted by molar-refractivity contribution is 0.0180. The van der Waals surface area contributed by atoms with Crippen molar-refractivity contribution in [3.05, 3.63) is 59.7 Å². The Morgan fingerprint density at radius 2 is 1.42 bits per heavy atom. The van der Waals surface area contributed by atoms with Gasteiger partial charge in [-0.3, -0.25) is 4.99 Å². The van der Waals surface area contributed by atoms with Gasteiger partial charge in [-0.25, -0.2) is 0 Å². The second-order valence-electron chi connectivity index (χ2n) is 6.80. The number of aliphatic imine (C=N–C) groups is 1. The molecule has 0 spiro atoms. The molecule has 0 heterocycles. The Bertz CT molecular complexity index is 733. The minimum atomic E-state index is -0.201. The first-order valence-corrected chi connectivity index (χ1v) is 10.4. The van der Waals surface area contributed by atoms with E-state index in [1.54, 1.807) is 20.4 Å². The quantitative estimate of drug-likeness (QED) is 0.325. The number of hydrogen-bond donors (Lipinski definition) is 1. The Hall–Kier alpha value is -2.45. The Balaban J connectivity index is 1.68. The summed E-state index contributed by atoms with van der Waals surface area (Å²) in [5.74, 6) is 1.59. The number of aliphatic hydroxyl groups excluding tert-OH is 1. The third-order valence-electron chi connectivity index (χ3n) is 4.46. The normalized spacial score (nSPS) is 12.2. The Morgan fingerprint density at radius 1 is 0.806 bits per heavy atom. The largest absolute Gasteiger partial charge is 0.497 e. The summed E-state index contributed by atoms with van der Waals surface area (Å²) >= 11 is 0. The molecule has 0 amide bonds. The molecule has 0 aliphatic carbocycles. The van der Waals surface area contributed by atoms with Crippen molar-refractivity contribution in [3.63, 3.8) is 0 Å². The number of benzene rings is 2. The highest BCUT2D eigenvalue weighted by Gasteiger charge is 2.06. The number of ether oxygens (including phenoxy) is 5. The van der Waals surface area contributed by atoms with Crippen LogP contribution in [0.1, 0.15) is 11.1 Å². The third kappa shape index (κ3) is 10.4. The highest BCUT2D eigenvalue weighted by atomic mass is 16.6. The molecule has 1 N–H and O–H groups in total. The summed E-state index contributed by atoms with van der Waals surface area (Å²) in [5, 5.41) is 9.66. The lowest BCUT2D eigenvalue weighted by atomic mass is 10.1. The summed E-state index contributed by atoms with van der Waals surface area (Å²) in [5.41, 5.74) is 2.05. The molecule has 0 aliphatic rings. The van der Waals surface area contributed by atoms with Gasteiger partial charge in [0, 0.05) is 13.3 Å². The average molecular weight is 432 g/mol. The van der Waals surface area contributed by atoms with E-state index in [-0.39, 0.29) is 12.6 Å². The molecule has 31 heavy (non-hydrogen) atoms. The van der Waals surface area contributed by atoms with Crippen LogP contribution in [0.4, 0.5) is 0 Å². The molecule has 2 aromatic rings. The monoisotopic (exact) mass is 431 g/mol. The summed E-state index contributed by atoms with van der Waals surface area (Å²) in [6.45, 7) is 3.21. The summed E-state index contributed by atoms with van der Waals surface area (Å²) in [6, 6.07) is 15.3. The van der Waals surface area contributed by atoms with E-state index in [1.165, 1.54) is 0 Å². The van der Waals surface area contributed by atoms with Crippen molar-refractivity contribution < 1.29 is 28.8 Å². The molecule has 2 aromatic carbocycles. The predicted molar refractivity (Wildman–Crippen MR) is 121 cm³/mol. The topological polar surface area (TPSA) is 78.7 Å². The fourth-order valence-corrected chi connectivity index (χ4v) is 2.72. The summed E-state index contributed by atoms with van der Waals surface area (Å²) in [7, 11) is 3.28. The van der Waals surface area contributed by atoms with E-state index in [9.17, 15) is 5.11 Å². The third-order valence-corrected chi connectivity index (χ3v) is 4.46. The second kappa shape index (κ2) is 15.4. The van der Waals surface area contributed by atoms with Crippen molar-refractivity contribution in [2.24, 2.45) is 4.99 Å². The standard InChI is InChI=1S/C24H33NO6/c1-27-11-12-29-13-14-30-15-16-31-24-9-3-20(4-10-24)17-22(19-26)25-18-21-5-7-23(28-2)8-6-21/h3-10,18,22,26H,11-17,19H2,1-2H3/b25-18+. The molecule has 7 nitrogen and oxygen atoms in total. The minimum absolute atomic E-state index is 0.0164. The molecular formula is C24H33NO6. The molecule has 0 aliphatic heterocycles. The molecule has 0 aromatic heterocycles. The maximum atomic E-state index is 9.66. The van der Waals surface area contributed by atoms with Gasteiger partial charge < -0.3 is 28.8 Å². The lowest BCUT2D eigenvalue weighted by Gasteiger charge is -2.11. The SMILES string of the molecule is COCCOCCOCCOc1ccc(CC(CO)/N=C/c2ccc(OC)cc2)cc1. The van der Waals surface area contributed by atoms with Gasteiger partial charge in [-0.1, -0.05) is 12.1 Å². The van der Waals surface area contributed by atoms with E-state index in [0.29, 0.717) is 46.1 Å². The molecule has 1 unspecified atom stereocenters. The van der Waals surface area contributed by atoms with Crippen molar-refractivity contribution in [1.82, 2.24) is 0 Å². The first-order chi connectivity index (χ1) is 15.2. The number of hydrogen-bond acceptors (Lipinski definition) is 7. The summed E-state index contributed by atoms with van der Waals surface area (Å²) in [4.78, 5) is 4.51. The van der Waals surface area contributed by atoms with Gasteiger partial charge in [-0.15, -0.1) is 0 Å². The maximum Gasteiger partial charge on any atom is 0.119 e. The smallest absolute Gasteiger partial charge is 0.119 e. The van der Waals surface area contributed by atoms with Gasteiger partial charge in [0.1, 0.15) is 18.1 Å². The number of nitrogens with zero attached hydrogens (tertiary/aromatic N) is 1. The van der Waals surface area contributed by atoms with Crippen LogP contribution in [0.15, 0.2) is 53.5 Å². The van der Waals surface area contributed by atoms with Crippen molar-refractivity contribution >= 4 is 6.21 Å². The molecule has 170 valence electrons. The van der Waals surface area contributed by atoms with Gasteiger partial charge >= 0.3 is 0 Å². The maximum absolute atomic E-state index is 9.66. The molecule has 1 atom stereocenters. The van der Waals surface area contributed by atoms with Crippen LogP contribution in [0, 0.1) is 0 Å². The molecule has 7 heteroatoms. The van der Waals surface area contributed by atoms with Crippen molar-refractivity contribution in [3.8, 4) is 11.5 Å². The van der Waals surface area contributed by atoms with Crippen LogP contribution in [-0.2, 0) is 20.6 Å². The zero-order valence-corrected chi connectivity index (χ0v) is 18.4. The predicted octanol–water partition coefficient (Wildman–Crippen LogP) is 2.78. The van der Waals surface area contributed by atoms with Crippen molar-refractivity contribution in [2.45, 2.75) is 12.5 Å². The molecular weight excluding hydrogens is 398 g/mol. The van der Waals surface area contributed by atoms with Crippen LogP contribution in [0.3, 0.4) is 0 Å². The Morgan fingerprint density at radius 3 is 2.03 bits per heavy atom. The van der Waals surface area contributed by atoms with Crippen LogP contribution in [0.2, 0.25) is 0 Å². The van der Waals surface area contributed by atoms with E-state index < -0.39 is 0 Å². The van der Waals surface area contributed by atoms with Gasteiger partial charge in [-0.2, -0.15) is 0 Å². The summed E-state index contributed by atoms with van der Waals surface area (Å²) in [6.07, 6.45) is 2.43. The number of aliphatic hydroxyl groups is 1. The van der Waals surface area contributed by atoms with Crippen molar-refractivity contribution in [2.75, 3.05) is 60.5 Å². The fraction of sp³-hybridized carbons (Fsp3) is 0.458. The van der Waals surface area contributed by atoms with Gasteiger partial charge in [-0.05, 0) is 53.9 Å². The number of rotatable bonds is 16. The Labute approximate surface area is 184 Å². The average Bonchev–Trinajstić information content (AvgIpc) is 2.82. The zero-order valence-electron chi connectivity index (χ0n) is 18.4. The van der Waals surface area contributed by atoms with Gasteiger partial charge in [0.15, 0.2) is 0 Å². The van der Waals surface area contributed by atoms with Crippen LogP contribution in [0.25, 0.3) is 0 Å². The first kappa shape index (κ1) is 24.8. The van der Waals surface area contributed by atoms with Crippen LogP contribution in [-0.4, -0.2) is 77.8 Å². The molecule has 0 saturated carbocycles. The molecule has 0 radical (unpaired) electrons. The molecule has 2 rings (SSSR count). The van der Waals surface area contributed by atoms with Crippen LogP contribution < -0.4 is 9.47 Å². The highest BCUT2D eigenvalue weighted by molar-refractivity contribution is 5.79. The highest BCUT2D eigenvalue weighted by Crippen LogP contribution is 2.15. The first-order valence-electron chi connectivity index (χ1n) is 10.4. The van der Waals surface area contributed by atoms with E-state index in [1.807, 2.05) is 48.5 Å². The van der Waals surface area contributed by atoms with E-state index in [0.717, 1.165) is 22.6 Å². The second-order valence-corrected chi connectivity index (χ2v) is 6.80. The summed E-state index contributed by atoms with van der Waals surface area (Å²) < 4.78 is 26.5. The van der Waals surface area contributed by atoms with Crippen molar-refractivity contribution in [1.29, 1.82) is 0 Å². The molecule has 0 saturated heterocycles. The number of methoxy groups -OCH3 is 2. The zero-order chi connectivity index (χ0) is 22.2. The van der Waals surface area contributed by atoms with Gasteiger partial charge in [0.05, 0.1) is 52.8 Å². The van der Waals surface area contributed by atoms with Crippen LogP contribution >= 0.6 is 0 Å². The van der Waals surface area contributed by atoms with Crippen LogP contribution in [0.5, 0.6) is 11.5 Å². The van der Waals surface area contributed by atoms with E-state index in [4.69, 9.17) is 23.7 Å². The lowest BCUT2D eigenvalue weighted by Crippen LogP contribution is -2.14. The van der Waals surface area contributed by atoms with Gasteiger partial charge in [0.2, 0.25) is 0 Å². The van der Waals surface area contributed by atoms with Gasteiger partial charge in [0.25, 0.3) is 0 Å². The minimum Gasteiger partial charge on any atom is -0.497 e. The van der Waals surface area contributed by atoms with E-state index in [2.05, 4.69) is 4.99 Å².